The molecule has 1 aromatic rings. The molecule has 5 nitrogen and oxygen atoms in total. The van der Waals surface area contributed by atoms with Gasteiger partial charge in [-0.05, 0) is 18.9 Å². The largest absolute Gasteiger partial charge is 0.362 e. The second-order valence-electron chi connectivity index (χ2n) is 3.42. The Bertz CT molecular complexity index is 380. The van der Waals surface area contributed by atoms with Crippen LogP contribution in [0.4, 0.5) is 11.5 Å². The summed E-state index contributed by atoms with van der Waals surface area (Å²) >= 11 is 5.72. The van der Waals surface area contributed by atoms with Crippen molar-refractivity contribution in [2.75, 3.05) is 5.32 Å². The van der Waals surface area contributed by atoms with Crippen molar-refractivity contribution in [2.45, 2.75) is 32.7 Å². The molecule has 0 saturated carbocycles. The number of halogens is 1. The van der Waals surface area contributed by atoms with Gasteiger partial charge in [-0.1, -0.05) is 25.4 Å². The number of hydrogen-bond donors (Lipinski definition) is 1. The maximum Gasteiger partial charge on any atom is 0.311 e. The standard InChI is InChI=1S/C10H14ClN3O2/c1-3-7(4-2)12-10-8(14(15)16)5-6-9(11)13-10/h5-7H,3-4H2,1-2H3,(H,12,13). The molecule has 0 aliphatic heterocycles. The number of nitrogens with one attached hydrogen (secondary N) is 1. The van der Waals surface area contributed by atoms with Crippen LogP contribution in [0, 0.1) is 10.1 Å². The summed E-state index contributed by atoms with van der Waals surface area (Å²) in [6, 6.07) is 2.95. The van der Waals surface area contributed by atoms with Crippen molar-refractivity contribution in [3.05, 3.63) is 27.4 Å². The lowest BCUT2D eigenvalue weighted by atomic mass is 10.2. The van der Waals surface area contributed by atoms with E-state index in [2.05, 4.69) is 10.3 Å². The minimum atomic E-state index is -0.464. The lowest BCUT2D eigenvalue weighted by molar-refractivity contribution is -0.384. The topological polar surface area (TPSA) is 68.1 Å². The summed E-state index contributed by atoms with van der Waals surface area (Å²) in [6.07, 6.45) is 1.75. The minimum Gasteiger partial charge on any atom is -0.362 e. The smallest absolute Gasteiger partial charge is 0.311 e. The van der Waals surface area contributed by atoms with Crippen LogP contribution < -0.4 is 5.32 Å². The Balaban J connectivity index is 3.00. The first-order valence-electron chi connectivity index (χ1n) is 5.16. The van der Waals surface area contributed by atoms with Gasteiger partial charge < -0.3 is 5.32 Å². The molecule has 6 heteroatoms. The Morgan fingerprint density at radius 2 is 2.12 bits per heavy atom. The molecule has 0 radical (unpaired) electrons. The highest BCUT2D eigenvalue weighted by Gasteiger charge is 2.17. The lowest BCUT2D eigenvalue weighted by Crippen LogP contribution is -2.18. The summed E-state index contributed by atoms with van der Waals surface area (Å²) in [5, 5.41) is 14.1. The second-order valence-corrected chi connectivity index (χ2v) is 3.80. The Hall–Kier alpha value is -1.36. The molecule has 0 spiro atoms. The summed E-state index contributed by atoms with van der Waals surface area (Å²) in [7, 11) is 0. The first-order valence-corrected chi connectivity index (χ1v) is 5.53. The fourth-order valence-corrected chi connectivity index (χ4v) is 1.52. The van der Waals surface area contributed by atoms with E-state index in [9.17, 15) is 10.1 Å². The molecule has 0 amide bonds. The van der Waals surface area contributed by atoms with E-state index in [1.165, 1.54) is 12.1 Å². The van der Waals surface area contributed by atoms with Crippen molar-refractivity contribution in [2.24, 2.45) is 0 Å². The fraction of sp³-hybridized carbons (Fsp3) is 0.500. The molecule has 0 unspecified atom stereocenters. The van der Waals surface area contributed by atoms with E-state index in [1.54, 1.807) is 0 Å². The van der Waals surface area contributed by atoms with E-state index in [1.807, 2.05) is 13.8 Å². The van der Waals surface area contributed by atoms with Crippen molar-refractivity contribution in [3.63, 3.8) is 0 Å². The van der Waals surface area contributed by atoms with Crippen LogP contribution in [0.15, 0.2) is 12.1 Å². The molecule has 88 valence electrons. The van der Waals surface area contributed by atoms with Crippen molar-refractivity contribution < 1.29 is 4.92 Å². The minimum absolute atomic E-state index is 0.0451. The summed E-state index contributed by atoms with van der Waals surface area (Å²) in [6.45, 7) is 4.02. The van der Waals surface area contributed by atoms with E-state index < -0.39 is 4.92 Å². The molecular formula is C10H14ClN3O2. The predicted octanol–water partition coefficient (Wildman–Crippen LogP) is 3.24. The van der Waals surface area contributed by atoms with E-state index in [0.29, 0.717) is 0 Å². The highest BCUT2D eigenvalue weighted by molar-refractivity contribution is 6.29. The zero-order valence-electron chi connectivity index (χ0n) is 9.24. The molecule has 0 atom stereocenters. The first kappa shape index (κ1) is 12.7. The lowest BCUT2D eigenvalue weighted by Gasteiger charge is -2.15. The third kappa shape index (κ3) is 3.06. The van der Waals surface area contributed by atoms with Gasteiger partial charge in [0, 0.05) is 12.1 Å². The van der Waals surface area contributed by atoms with Gasteiger partial charge >= 0.3 is 5.69 Å². The average molecular weight is 244 g/mol. The number of rotatable bonds is 5. The van der Waals surface area contributed by atoms with Crippen LogP contribution in [0.2, 0.25) is 5.15 Å². The SMILES string of the molecule is CCC(CC)Nc1nc(Cl)ccc1[N+](=O)[O-]. The van der Waals surface area contributed by atoms with Gasteiger partial charge in [-0.3, -0.25) is 10.1 Å². The first-order chi connectivity index (χ1) is 7.58. The molecule has 16 heavy (non-hydrogen) atoms. The van der Waals surface area contributed by atoms with Gasteiger partial charge in [-0.25, -0.2) is 4.98 Å². The van der Waals surface area contributed by atoms with Crippen LogP contribution in [0.1, 0.15) is 26.7 Å². The van der Waals surface area contributed by atoms with Crippen LogP contribution >= 0.6 is 11.6 Å². The maximum atomic E-state index is 10.8. The molecular weight excluding hydrogens is 230 g/mol. The number of nitro groups is 1. The van der Waals surface area contributed by atoms with Gasteiger partial charge in [0.25, 0.3) is 0 Å². The molecule has 0 aliphatic rings. The van der Waals surface area contributed by atoms with Crippen molar-refractivity contribution in [1.29, 1.82) is 0 Å². The third-order valence-electron chi connectivity index (χ3n) is 2.36. The Morgan fingerprint density at radius 3 is 2.62 bits per heavy atom. The number of hydrogen-bond acceptors (Lipinski definition) is 4. The van der Waals surface area contributed by atoms with E-state index in [-0.39, 0.29) is 22.7 Å². The number of anilines is 1. The molecule has 0 bridgehead atoms. The Labute approximate surface area is 99.0 Å². The van der Waals surface area contributed by atoms with Crippen LogP contribution in [-0.2, 0) is 0 Å². The normalized spacial score (nSPS) is 10.5. The highest BCUT2D eigenvalue weighted by Crippen LogP contribution is 2.25. The van der Waals surface area contributed by atoms with Gasteiger partial charge in [-0.2, -0.15) is 0 Å². The Kier molecular flexibility index (Phi) is 4.49. The predicted molar refractivity (Wildman–Crippen MR) is 63.9 cm³/mol. The average Bonchev–Trinajstić information content (AvgIpc) is 2.25. The maximum absolute atomic E-state index is 10.8. The summed E-state index contributed by atoms with van der Waals surface area (Å²) in [5.74, 6) is 0.242. The van der Waals surface area contributed by atoms with Crippen LogP contribution in [-0.4, -0.2) is 15.9 Å². The molecule has 0 aromatic carbocycles. The summed E-state index contributed by atoms with van der Waals surface area (Å²) in [4.78, 5) is 14.3. The second kappa shape index (κ2) is 5.65. The van der Waals surface area contributed by atoms with Crippen LogP contribution in [0.25, 0.3) is 0 Å². The fourth-order valence-electron chi connectivity index (χ4n) is 1.37. The zero-order valence-corrected chi connectivity index (χ0v) is 9.99. The summed E-state index contributed by atoms with van der Waals surface area (Å²) in [5.41, 5.74) is -0.0451. The molecule has 0 aliphatic carbocycles. The molecule has 0 fully saturated rings. The van der Waals surface area contributed by atoms with Gasteiger partial charge in [0.05, 0.1) is 4.92 Å². The number of pyridine rings is 1. The van der Waals surface area contributed by atoms with Gasteiger partial charge in [0.15, 0.2) is 0 Å². The van der Waals surface area contributed by atoms with E-state index in [0.717, 1.165) is 12.8 Å². The van der Waals surface area contributed by atoms with E-state index >= 15 is 0 Å². The van der Waals surface area contributed by atoms with Crippen LogP contribution in [0.5, 0.6) is 0 Å². The van der Waals surface area contributed by atoms with Gasteiger partial charge in [-0.15, -0.1) is 0 Å². The van der Waals surface area contributed by atoms with Crippen molar-refractivity contribution in [1.82, 2.24) is 4.98 Å². The van der Waals surface area contributed by atoms with Crippen molar-refractivity contribution in [3.8, 4) is 0 Å². The molecule has 1 aromatic heterocycles. The highest BCUT2D eigenvalue weighted by atomic mass is 35.5. The molecule has 0 saturated heterocycles. The van der Waals surface area contributed by atoms with Crippen LogP contribution in [0.3, 0.4) is 0 Å². The van der Waals surface area contributed by atoms with Gasteiger partial charge in [0.2, 0.25) is 5.82 Å². The Morgan fingerprint density at radius 1 is 1.50 bits per heavy atom. The van der Waals surface area contributed by atoms with Crippen molar-refractivity contribution >= 4 is 23.1 Å². The summed E-state index contributed by atoms with van der Waals surface area (Å²) < 4.78 is 0. The zero-order chi connectivity index (χ0) is 12.1. The third-order valence-corrected chi connectivity index (χ3v) is 2.57. The quantitative estimate of drug-likeness (QED) is 0.490. The number of aromatic nitrogens is 1. The molecule has 1 heterocycles. The molecule has 1 N–H and O–H groups in total. The monoisotopic (exact) mass is 243 g/mol. The molecule has 1 rings (SSSR count). The number of nitrogens with zero attached hydrogens (tertiary/aromatic N) is 2. The van der Waals surface area contributed by atoms with Gasteiger partial charge in [0.1, 0.15) is 5.15 Å². The van der Waals surface area contributed by atoms with E-state index in [4.69, 9.17) is 11.6 Å².